The maximum Gasteiger partial charge on any atom is 0.142 e. The summed E-state index contributed by atoms with van der Waals surface area (Å²) in [6.45, 7) is 12.8. The van der Waals surface area contributed by atoms with Crippen molar-refractivity contribution in [1.82, 2.24) is 9.88 Å². The van der Waals surface area contributed by atoms with Gasteiger partial charge in [-0.2, -0.15) is 0 Å². The molecule has 0 unspecified atom stereocenters. The summed E-state index contributed by atoms with van der Waals surface area (Å²) in [4.78, 5) is 6.06. The minimum atomic E-state index is 0.0318. The van der Waals surface area contributed by atoms with E-state index in [-0.39, 0.29) is 12.1 Å². The van der Waals surface area contributed by atoms with Crippen molar-refractivity contribution in [1.29, 1.82) is 0 Å². The van der Waals surface area contributed by atoms with E-state index >= 15 is 0 Å². The van der Waals surface area contributed by atoms with Crippen LogP contribution in [-0.4, -0.2) is 22.7 Å². The van der Waals surface area contributed by atoms with Gasteiger partial charge in [0.15, 0.2) is 0 Å². The van der Waals surface area contributed by atoms with Crippen LogP contribution in [-0.2, 0) is 11.2 Å². The van der Waals surface area contributed by atoms with Crippen molar-refractivity contribution < 1.29 is 4.74 Å². The van der Waals surface area contributed by atoms with E-state index in [1.165, 1.54) is 0 Å². The van der Waals surface area contributed by atoms with E-state index in [1.54, 1.807) is 6.20 Å². The lowest BCUT2D eigenvalue weighted by molar-refractivity contribution is -0.110. The number of allylic oxidation sites excluding steroid dienone is 1. The monoisotopic (exact) mass is 259 g/mol. The second-order valence-electron chi connectivity index (χ2n) is 4.84. The molecule has 1 aromatic heterocycles. The van der Waals surface area contributed by atoms with E-state index in [1.807, 2.05) is 26.0 Å². The van der Waals surface area contributed by atoms with E-state index in [2.05, 4.69) is 23.0 Å². The molecule has 19 heavy (non-hydrogen) atoms. The summed E-state index contributed by atoms with van der Waals surface area (Å²) in [6, 6.07) is 3.88. The van der Waals surface area contributed by atoms with Crippen LogP contribution >= 0.6 is 0 Å². The molecule has 0 radical (unpaired) electrons. The largest absolute Gasteiger partial charge is 0.384 e. The maximum atomic E-state index is 5.79. The number of nitrogens with two attached hydrogens (primary N) is 1. The molecule has 2 N–H and O–H groups in total. The van der Waals surface area contributed by atoms with E-state index in [0.29, 0.717) is 12.4 Å². The third-order valence-electron chi connectivity index (χ3n) is 3.39. The van der Waals surface area contributed by atoms with Crippen LogP contribution in [0.3, 0.4) is 0 Å². The Labute approximate surface area is 114 Å². The number of hydrogen-bond donors (Lipinski definition) is 1. The molecule has 1 aliphatic heterocycles. The van der Waals surface area contributed by atoms with E-state index < -0.39 is 0 Å². The summed E-state index contributed by atoms with van der Waals surface area (Å²) in [5.74, 6) is 0.825. The first kappa shape index (κ1) is 13.6. The van der Waals surface area contributed by atoms with Gasteiger partial charge in [0.1, 0.15) is 12.0 Å². The van der Waals surface area contributed by atoms with Crippen molar-refractivity contribution >= 4 is 5.82 Å². The van der Waals surface area contributed by atoms with Crippen LogP contribution < -0.4 is 5.73 Å². The van der Waals surface area contributed by atoms with Crippen molar-refractivity contribution in [3.63, 3.8) is 0 Å². The fraction of sp³-hybridized carbons (Fsp3) is 0.400. The summed E-state index contributed by atoms with van der Waals surface area (Å²) in [5, 5.41) is 0. The lowest BCUT2D eigenvalue weighted by Gasteiger charge is -2.51. The van der Waals surface area contributed by atoms with Gasteiger partial charge in [-0.1, -0.05) is 13.2 Å². The van der Waals surface area contributed by atoms with Crippen LogP contribution in [0.2, 0.25) is 0 Å². The highest BCUT2D eigenvalue weighted by atomic mass is 16.5. The second kappa shape index (κ2) is 5.45. The average Bonchev–Trinajstić information content (AvgIpc) is 2.35. The minimum absolute atomic E-state index is 0.0318. The summed E-state index contributed by atoms with van der Waals surface area (Å²) in [5.41, 5.74) is 8.89. The molecule has 102 valence electrons. The standard InChI is InChI=1S/C15H21N3O/c1-5-19-15-13(11(4)18(15)10(2)3)8-12-6-7-17-14(16)9-12/h6-7,9,13,15H,2,4-5,8H2,1,3H3,(H2,16,17)/t13-,15+/m0/s1. The molecule has 0 aromatic carbocycles. The molecule has 0 bridgehead atoms. The van der Waals surface area contributed by atoms with Crippen LogP contribution in [0.5, 0.6) is 0 Å². The Balaban J connectivity index is 2.11. The number of anilines is 1. The Bertz CT molecular complexity index is 498. The number of nitrogens with zero attached hydrogens (tertiary/aromatic N) is 2. The fourth-order valence-electron chi connectivity index (χ4n) is 2.52. The predicted octanol–water partition coefficient (Wildman–Crippen LogP) is 2.55. The second-order valence-corrected chi connectivity index (χ2v) is 4.84. The summed E-state index contributed by atoms with van der Waals surface area (Å²) in [7, 11) is 0. The molecule has 0 spiro atoms. The maximum absolute atomic E-state index is 5.79. The third kappa shape index (κ3) is 2.63. The fourth-order valence-corrected chi connectivity index (χ4v) is 2.52. The smallest absolute Gasteiger partial charge is 0.142 e. The molecular weight excluding hydrogens is 238 g/mol. The Morgan fingerprint density at radius 2 is 2.32 bits per heavy atom. The van der Waals surface area contributed by atoms with Gasteiger partial charge >= 0.3 is 0 Å². The zero-order chi connectivity index (χ0) is 14.0. The van der Waals surface area contributed by atoms with Crippen molar-refractivity contribution in [3.8, 4) is 0 Å². The SMILES string of the molecule is C=C(C)N1C(=C)[C@H](Cc2ccnc(N)c2)[C@H]1OCC. The molecule has 0 saturated carbocycles. The molecular formula is C15H21N3O. The number of pyridine rings is 1. The lowest BCUT2D eigenvalue weighted by Crippen LogP contribution is -2.54. The number of likely N-dealkylation sites (tertiary alicyclic amines) is 1. The summed E-state index contributed by atoms with van der Waals surface area (Å²) < 4.78 is 5.79. The molecule has 1 aromatic rings. The first-order chi connectivity index (χ1) is 9.04. The van der Waals surface area contributed by atoms with Crippen molar-refractivity contribution in [2.45, 2.75) is 26.5 Å². The highest BCUT2D eigenvalue weighted by Crippen LogP contribution is 2.40. The van der Waals surface area contributed by atoms with Crippen molar-refractivity contribution in [2.75, 3.05) is 12.3 Å². The van der Waals surface area contributed by atoms with Gasteiger partial charge in [0.2, 0.25) is 0 Å². The molecule has 2 rings (SSSR count). The van der Waals surface area contributed by atoms with Crippen LogP contribution in [0.15, 0.2) is 42.9 Å². The van der Waals surface area contributed by atoms with Crippen molar-refractivity contribution in [2.24, 2.45) is 5.92 Å². The Morgan fingerprint density at radius 3 is 2.89 bits per heavy atom. The van der Waals surface area contributed by atoms with Crippen LogP contribution in [0.25, 0.3) is 0 Å². The predicted molar refractivity (Wildman–Crippen MR) is 77.1 cm³/mol. The zero-order valence-electron chi connectivity index (χ0n) is 11.6. The average molecular weight is 259 g/mol. The highest BCUT2D eigenvalue weighted by Gasteiger charge is 2.43. The number of ether oxygens (including phenoxy) is 1. The first-order valence-corrected chi connectivity index (χ1v) is 6.50. The molecule has 1 saturated heterocycles. The Morgan fingerprint density at radius 1 is 1.58 bits per heavy atom. The molecule has 0 amide bonds. The number of hydrogen-bond acceptors (Lipinski definition) is 4. The summed E-state index contributed by atoms with van der Waals surface area (Å²) >= 11 is 0. The Hall–Kier alpha value is -1.81. The quantitative estimate of drug-likeness (QED) is 0.883. The van der Waals surface area contributed by atoms with E-state index in [0.717, 1.165) is 23.4 Å². The Kier molecular flexibility index (Phi) is 3.90. The van der Waals surface area contributed by atoms with Gasteiger partial charge in [-0.05, 0) is 38.0 Å². The molecule has 4 heteroatoms. The molecule has 1 fully saturated rings. The van der Waals surface area contributed by atoms with Gasteiger partial charge in [0, 0.05) is 30.1 Å². The van der Waals surface area contributed by atoms with Crippen LogP contribution in [0.4, 0.5) is 5.82 Å². The number of rotatable bonds is 5. The van der Waals surface area contributed by atoms with Crippen molar-refractivity contribution in [3.05, 3.63) is 48.4 Å². The highest BCUT2D eigenvalue weighted by molar-refractivity contribution is 5.34. The van der Waals surface area contributed by atoms with Crippen LogP contribution in [0, 0.1) is 5.92 Å². The molecule has 2 atom stereocenters. The first-order valence-electron chi connectivity index (χ1n) is 6.50. The molecule has 1 aliphatic rings. The molecule has 2 heterocycles. The lowest BCUT2D eigenvalue weighted by atomic mass is 9.86. The van der Waals surface area contributed by atoms with Gasteiger partial charge in [-0.15, -0.1) is 0 Å². The summed E-state index contributed by atoms with van der Waals surface area (Å²) in [6.07, 6.45) is 2.63. The van der Waals surface area contributed by atoms with Gasteiger partial charge in [0.25, 0.3) is 0 Å². The van der Waals surface area contributed by atoms with E-state index in [9.17, 15) is 0 Å². The molecule has 0 aliphatic carbocycles. The minimum Gasteiger partial charge on any atom is -0.384 e. The molecule has 4 nitrogen and oxygen atoms in total. The van der Waals surface area contributed by atoms with E-state index in [4.69, 9.17) is 10.5 Å². The number of aromatic nitrogens is 1. The van der Waals surface area contributed by atoms with Gasteiger partial charge in [-0.3, -0.25) is 0 Å². The number of nitrogen functional groups attached to an aromatic ring is 1. The third-order valence-corrected chi connectivity index (χ3v) is 3.39. The van der Waals surface area contributed by atoms with Gasteiger partial charge < -0.3 is 15.4 Å². The van der Waals surface area contributed by atoms with Crippen LogP contribution in [0.1, 0.15) is 19.4 Å². The zero-order valence-corrected chi connectivity index (χ0v) is 11.6. The van der Waals surface area contributed by atoms with Gasteiger partial charge in [0.05, 0.1) is 0 Å². The van der Waals surface area contributed by atoms with Gasteiger partial charge in [-0.25, -0.2) is 4.98 Å². The normalized spacial score (nSPS) is 22.2. The topological polar surface area (TPSA) is 51.4 Å².